The first-order chi connectivity index (χ1) is 11.6. The van der Waals surface area contributed by atoms with Crippen molar-refractivity contribution in [2.75, 3.05) is 20.1 Å². The van der Waals surface area contributed by atoms with Crippen molar-refractivity contribution in [3.8, 4) is 0 Å². The fraction of sp³-hybridized carbons (Fsp3) is 0.579. The van der Waals surface area contributed by atoms with Gasteiger partial charge in [-0.15, -0.1) is 12.4 Å². The SMILES string of the molecule is CCN(C)C(=O)c1cccc(C(=O)NC(CN)C2CCCCC2)c1.Cl. The van der Waals surface area contributed by atoms with Crippen LogP contribution in [0.15, 0.2) is 24.3 Å². The second kappa shape index (κ2) is 10.4. The van der Waals surface area contributed by atoms with E-state index in [2.05, 4.69) is 5.32 Å². The van der Waals surface area contributed by atoms with Crippen LogP contribution in [0.2, 0.25) is 0 Å². The van der Waals surface area contributed by atoms with Gasteiger partial charge in [-0.2, -0.15) is 0 Å². The lowest BCUT2D eigenvalue weighted by Crippen LogP contribution is -2.46. The van der Waals surface area contributed by atoms with Crippen LogP contribution in [0.5, 0.6) is 0 Å². The van der Waals surface area contributed by atoms with Crippen LogP contribution in [0, 0.1) is 5.92 Å². The fourth-order valence-corrected chi connectivity index (χ4v) is 3.31. The minimum Gasteiger partial charge on any atom is -0.348 e. The summed E-state index contributed by atoms with van der Waals surface area (Å²) in [7, 11) is 1.75. The molecule has 0 spiro atoms. The van der Waals surface area contributed by atoms with Gasteiger partial charge in [0.2, 0.25) is 0 Å². The molecular formula is C19H30ClN3O2. The molecule has 1 aliphatic carbocycles. The molecule has 1 saturated carbocycles. The Morgan fingerprint density at radius 3 is 2.48 bits per heavy atom. The van der Waals surface area contributed by atoms with Gasteiger partial charge in [-0.05, 0) is 43.9 Å². The van der Waals surface area contributed by atoms with Gasteiger partial charge in [0, 0.05) is 37.3 Å². The Morgan fingerprint density at radius 1 is 1.24 bits per heavy atom. The maximum Gasteiger partial charge on any atom is 0.253 e. The van der Waals surface area contributed by atoms with Crippen LogP contribution in [0.3, 0.4) is 0 Å². The molecule has 1 atom stereocenters. The van der Waals surface area contributed by atoms with Gasteiger partial charge in [-0.1, -0.05) is 25.3 Å². The maximum absolute atomic E-state index is 12.6. The van der Waals surface area contributed by atoms with E-state index >= 15 is 0 Å². The van der Waals surface area contributed by atoms with Crippen molar-refractivity contribution >= 4 is 24.2 Å². The molecule has 0 bridgehead atoms. The predicted molar refractivity (Wildman–Crippen MR) is 103 cm³/mol. The van der Waals surface area contributed by atoms with E-state index in [9.17, 15) is 9.59 Å². The number of hydrogen-bond acceptors (Lipinski definition) is 3. The third kappa shape index (κ3) is 5.72. The fourth-order valence-electron chi connectivity index (χ4n) is 3.31. The minimum atomic E-state index is -0.148. The second-order valence-electron chi connectivity index (χ2n) is 6.61. The molecule has 1 aliphatic rings. The topological polar surface area (TPSA) is 75.4 Å². The smallest absolute Gasteiger partial charge is 0.253 e. The highest BCUT2D eigenvalue weighted by Crippen LogP contribution is 2.26. The second-order valence-corrected chi connectivity index (χ2v) is 6.61. The van der Waals surface area contributed by atoms with E-state index in [1.165, 1.54) is 19.3 Å². The van der Waals surface area contributed by atoms with Crippen LogP contribution in [-0.2, 0) is 0 Å². The molecule has 2 amide bonds. The summed E-state index contributed by atoms with van der Waals surface area (Å²) >= 11 is 0. The molecule has 6 heteroatoms. The molecule has 0 heterocycles. The van der Waals surface area contributed by atoms with Crippen LogP contribution in [0.4, 0.5) is 0 Å². The first kappa shape index (κ1) is 21.5. The van der Waals surface area contributed by atoms with Crippen molar-refractivity contribution in [2.24, 2.45) is 11.7 Å². The number of hydrogen-bond donors (Lipinski definition) is 2. The average Bonchev–Trinajstić information content (AvgIpc) is 2.65. The van der Waals surface area contributed by atoms with Gasteiger partial charge in [-0.3, -0.25) is 9.59 Å². The average molecular weight is 368 g/mol. The highest BCUT2D eigenvalue weighted by molar-refractivity contribution is 5.99. The first-order valence-electron chi connectivity index (χ1n) is 8.93. The number of carbonyl (C=O) groups is 2. The van der Waals surface area contributed by atoms with E-state index in [1.54, 1.807) is 36.2 Å². The van der Waals surface area contributed by atoms with Crippen molar-refractivity contribution in [3.63, 3.8) is 0 Å². The Bertz CT molecular complexity index is 574. The van der Waals surface area contributed by atoms with E-state index < -0.39 is 0 Å². The van der Waals surface area contributed by atoms with Crippen molar-refractivity contribution < 1.29 is 9.59 Å². The summed E-state index contributed by atoms with van der Waals surface area (Å²) in [4.78, 5) is 26.5. The van der Waals surface area contributed by atoms with Crippen LogP contribution in [0.1, 0.15) is 59.7 Å². The zero-order valence-corrected chi connectivity index (χ0v) is 16.0. The zero-order valence-electron chi connectivity index (χ0n) is 15.2. The van der Waals surface area contributed by atoms with Gasteiger partial charge in [0.15, 0.2) is 0 Å². The van der Waals surface area contributed by atoms with Crippen LogP contribution in [0.25, 0.3) is 0 Å². The summed E-state index contributed by atoms with van der Waals surface area (Å²) in [6.45, 7) is 3.00. The number of nitrogens with two attached hydrogens (primary N) is 1. The maximum atomic E-state index is 12.6. The number of halogens is 1. The van der Waals surface area contributed by atoms with Gasteiger partial charge in [0.25, 0.3) is 11.8 Å². The normalized spacial score (nSPS) is 15.8. The van der Waals surface area contributed by atoms with Crippen LogP contribution >= 0.6 is 12.4 Å². The van der Waals surface area contributed by atoms with Crippen molar-refractivity contribution in [1.82, 2.24) is 10.2 Å². The predicted octanol–water partition coefficient (Wildman–Crippen LogP) is 2.84. The molecule has 1 aromatic rings. The molecule has 140 valence electrons. The number of nitrogens with one attached hydrogen (secondary N) is 1. The summed E-state index contributed by atoms with van der Waals surface area (Å²) < 4.78 is 0. The lowest BCUT2D eigenvalue weighted by molar-refractivity contribution is 0.0802. The quantitative estimate of drug-likeness (QED) is 0.811. The third-order valence-electron chi connectivity index (χ3n) is 4.98. The van der Waals surface area contributed by atoms with E-state index in [0.29, 0.717) is 30.1 Å². The Labute approximate surface area is 156 Å². The molecule has 3 N–H and O–H groups in total. The third-order valence-corrected chi connectivity index (χ3v) is 4.98. The molecule has 0 aliphatic heterocycles. The van der Waals surface area contributed by atoms with Crippen LogP contribution < -0.4 is 11.1 Å². The zero-order chi connectivity index (χ0) is 17.5. The molecule has 5 nitrogen and oxygen atoms in total. The number of benzene rings is 1. The molecular weight excluding hydrogens is 338 g/mol. The molecule has 2 rings (SSSR count). The van der Waals surface area contributed by atoms with Crippen LogP contribution in [-0.4, -0.2) is 42.9 Å². The first-order valence-corrected chi connectivity index (χ1v) is 8.93. The lowest BCUT2D eigenvalue weighted by Gasteiger charge is -2.30. The summed E-state index contributed by atoms with van der Waals surface area (Å²) in [6.07, 6.45) is 5.95. The molecule has 0 saturated heterocycles. The van der Waals surface area contributed by atoms with E-state index in [-0.39, 0.29) is 30.3 Å². The van der Waals surface area contributed by atoms with Gasteiger partial charge >= 0.3 is 0 Å². The van der Waals surface area contributed by atoms with Gasteiger partial charge in [-0.25, -0.2) is 0 Å². The molecule has 25 heavy (non-hydrogen) atoms. The number of carbonyl (C=O) groups excluding carboxylic acids is 2. The molecule has 1 fully saturated rings. The van der Waals surface area contributed by atoms with E-state index in [1.807, 2.05) is 6.92 Å². The summed E-state index contributed by atoms with van der Waals surface area (Å²) in [5.74, 6) is 0.239. The number of rotatable bonds is 6. The van der Waals surface area contributed by atoms with Gasteiger partial charge in [0.1, 0.15) is 0 Å². The molecule has 0 aromatic heterocycles. The lowest BCUT2D eigenvalue weighted by atomic mass is 9.84. The Kier molecular flexibility index (Phi) is 8.93. The highest BCUT2D eigenvalue weighted by atomic mass is 35.5. The molecule has 1 aromatic carbocycles. The molecule has 1 unspecified atom stereocenters. The number of nitrogens with zero attached hydrogens (tertiary/aromatic N) is 1. The number of amides is 2. The minimum absolute atomic E-state index is 0. The largest absolute Gasteiger partial charge is 0.348 e. The van der Waals surface area contributed by atoms with Crippen molar-refractivity contribution in [3.05, 3.63) is 35.4 Å². The molecule has 0 radical (unpaired) electrons. The standard InChI is InChI=1S/C19H29N3O2.ClH/c1-3-22(2)19(24)16-11-7-10-15(12-16)18(23)21-17(13-20)14-8-5-4-6-9-14;/h7,10-12,14,17H,3-6,8-9,13,20H2,1-2H3,(H,21,23);1H. The summed E-state index contributed by atoms with van der Waals surface area (Å²) in [6, 6.07) is 6.91. The monoisotopic (exact) mass is 367 g/mol. The Balaban J connectivity index is 0.00000312. The van der Waals surface area contributed by atoms with Crippen molar-refractivity contribution in [2.45, 2.75) is 45.1 Å². The van der Waals surface area contributed by atoms with E-state index in [4.69, 9.17) is 5.73 Å². The van der Waals surface area contributed by atoms with Gasteiger partial charge in [0.05, 0.1) is 0 Å². The Morgan fingerprint density at radius 2 is 1.88 bits per heavy atom. The van der Waals surface area contributed by atoms with Gasteiger partial charge < -0.3 is 16.0 Å². The Hall–Kier alpha value is -1.59. The summed E-state index contributed by atoms with van der Waals surface area (Å²) in [5, 5.41) is 3.07. The highest BCUT2D eigenvalue weighted by Gasteiger charge is 2.24. The van der Waals surface area contributed by atoms with E-state index in [0.717, 1.165) is 12.8 Å². The summed E-state index contributed by atoms with van der Waals surface area (Å²) in [5.41, 5.74) is 6.94. The van der Waals surface area contributed by atoms with Crippen molar-refractivity contribution in [1.29, 1.82) is 0 Å².